The van der Waals surface area contributed by atoms with E-state index in [2.05, 4.69) is 5.32 Å². The van der Waals surface area contributed by atoms with Gasteiger partial charge in [0.1, 0.15) is 5.75 Å². The molecule has 27 heavy (non-hydrogen) atoms. The second kappa shape index (κ2) is 8.07. The van der Waals surface area contributed by atoms with Crippen LogP contribution in [0.3, 0.4) is 0 Å². The molecule has 7 heteroatoms. The summed E-state index contributed by atoms with van der Waals surface area (Å²) in [6, 6.07) is 12.7. The van der Waals surface area contributed by atoms with Gasteiger partial charge in [0.15, 0.2) is 17.7 Å². The zero-order valence-electron chi connectivity index (χ0n) is 15.1. The van der Waals surface area contributed by atoms with Crippen LogP contribution in [0.5, 0.6) is 11.5 Å². The maximum atomic E-state index is 13.7. The van der Waals surface area contributed by atoms with Crippen molar-refractivity contribution in [2.75, 3.05) is 18.6 Å². The molecule has 2 aromatic carbocycles. The molecule has 1 aliphatic rings. The van der Waals surface area contributed by atoms with Crippen molar-refractivity contribution >= 4 is 17.5 Å². The average molecular weight is 372 g/mol. The number of nitrogens with zero attached hydrogens (tertiary/aromatic N) is 1. The van der Waals surface area contributed by atoms with Gasteiger partial charge in [0, 0.05) is 24.7 Å². The Balaban J connectivity index is 1.60. The lowest BCUT2D eigenvalue weighted by atomic mass is 10.2. The van der Waals surface area contributed by atoms with Crippen LogP contribution in [0.4, 0.5) is 10.1 Å². The maximum Gasteiger partial charge on any atom is 0.261 e. The van der Waals surface area contributed by atoms with Gasteiger partial charge in [-0.05, 0) is 31.2 Å². The molecule has 1 aliphatic heterocycles. The van der Waals surface area contributed by atoms with Crippen molar-refractivity contribution in [3.05, 3.63) is 54.3 Å². The molecule has 1 fully saturated rings. The number of nitrogens with one attached hydrogen (secondary N) is 1. The van der Waals surface area contributed by atoms with Gasteiger partial charge in [0.2, 0.25) is 5.91 Å². The van der Waals surface area contributed by atoms with Crippen LogP contribution in [0.2, 0.25) is 0 Å². The van der Waals surface area contributed by atoms with E-state index in [1.807, 2.05) is 6.07 Å². The van der Waals surface area contributed by atoms with Crippen LogP contribution in [0.15, 0.2) is 48.5 Å². The van der Waals surface area contributed by atoms with Crippen molar-refractivity contribution < 1.29 is 23.5 Å². The van der Waals surface area contributed by atoms with Gasteiger partial charge in [-0.25, -0.2) is 4.39 Å². The first-order valence-corrected chi connectivity index (χ1v) is 8.64. The summed E-state index contributed by atoms with van der Waals surface area (Å²) >= 11 is 0. The summed E-state index contributed by atoms with van der Waals surface area (Å²) in [4.78, 5) is 26.3. The largest absolute Gasteiger partial charge is 0.497 e. The van der Waals surface area contributed by atoms with Gasteiger partial charge >= 0.3 is 0 Å². The van der Waals surface area contributed by atoms with Crippen molar-refractivity contribution in [1.82, 2.24) is 5.32 Å². The first kappa shape index (κ1) is 18.7. The minimum Gasteiger partial charge on any atom is -0.497 e. The summed E-state index contributed by atoms with van der Waals surface area (Å²) in [5.41, 5.74) is 0.715. The third-order valence-electron chi connectivity index (χ3n) is 4.35. The average Bonchev–Trinajstić information content (AvgIpc) is 3.03. The van der Waals surface area contributed by atoms with Crippen LogP contribution in [0, 0.1) is 5.82 Å². The Hall–Kier alpha value is -3.09. The van der Waals surface area contributed by atoms with Gasteiger partial charge in [0.05, 0.1) is 13.2 Å². The highest BCUT2D eigenvalue weighted by Gasteiger charge is 2.33. The molecule has 0 radical (unpaired) electrons. The van der Waals surface area contributed by atoms with E-state index in [0.29, 0.717) is 18.0 Å². The highest BCUT2D eigenvalue weighted by atomic mass is 19.1. The number of para-hydroxylation sites is 1. The van der Waals surface area contributed by atoms with Crippen molar-refractivity contribution in [2.24, 2.45) is 0 Å². The van der Waals surface area contributed by atoms with Gasteiger partial charge < -0.3 is 19.7 Å². The van der Waals surface area contributed by atoms with Crippen molar-refractivity contribution in [3.8, 4) is 11.5 Å². The minimum atomic E-state index is -0.886. The molecule has 2 atom stereocenters. The number of hydrogen-bond donors (Lipinski definition) is 1. The molecule has 0 saturated carbocycles. The zero-order valence-corrected chi connectivity index (χ0v) is 15.1. The highest BCUT2D eigenvalue weighted by Crippen LogP contribution is 2.25. The van der Waals surface area contributed by atoms with Crippen LogP contribution in [-0.2, 0) is 9.59 Å². The number of ether oxygens (including phenoxy) is 2. The van der Waals surface area contributed by atoms with Gasteiger partial charge in [-0.3, -0.25) is 9.59 Å². The number of amides is 2. The fraction of sp³-hybridized carbons (Fsp3) is 0.300. The molecule has 0 aromatic heterocycles. The number of benzene rings is 2. The lowest BCUT2D eigenvalue weighted by Crippen LogP contribution is -2.43. The summed E-state index contributed by atoms with van der Waals surface area (Å²) < 4.78 is 24.2. The van der Waals surface area contributed by atoms with Crippen LogP contribution >= 0.6 is 0 Å². The molecule has 2 unspecified atom stereocenters. The second-order valence-electron chi connectivity index (χ2n) is 6.31. The van der Waals surface area contributed by atoms with Crippen molar-refractivity contribution in [1.29, 1.82) is 0 Å². The Kier molecular flexibility index (Phi) is 5.59. The molecule has 2 aromatic rings. The SMILES string of the molecule is COc1cccc(N2CC(NC(=O)C(C)Oc3ccccc3F)CC2=O)c1. The van der Waals surface area contributed by atoms with Gasteiger partial charge in [0.25, 0.3) is 5.91 Å². The van der Waals surface area contributed by atoms with Crippen molar-refractivity contribution in [3.63, 3.8) is 0 Å². The van der Waals surface area contributed by atoms with Gasteiger partial charge in [-0.15, -0.1) is 0 Å². The summed E-state index contributed by atoms with van der Waals surface area (Å²) in [5, 5.41) is 2.80. The lowest BCUT2D eigenvalue weighted by molar-refractivity contribution is -0.128. The molecule has 0 spiro atoms. The summed E-state index contributed by atoms with van der Waals surface area (Å²) in [6.45, 7) is 1.89. The fourth-order valence-corrected chi connectivity index (χ4v) is 2.94. The van der Waals surface area contributed by atoms with Gasteiger partial charge in [-0.1, -0.05) is 18.2 Å². The van der Waals surface area contributed by atoms with E-state index < -0.39 is 17.8 Å². The smallest absolute Gasteiger partial charge is 0.261 e. The number of rotatable bonds is 6. The third kappa shape index (κ3) is 4.36. The monoisotopic (exact) mass is 372 g/mol. The number of anilines is 1. The molecular formula is C20H21FN2O4. The summed E-state index contributed by atoms with van der Waals surface area (Å²) in [6.07, 6.45) is -0.696. The van der Waals surface area contributed by atoms with Crippen molar-refractivity contribution in [2.45, 2.75) is 25.5 Å². The quantitative estimate of drug-likeness (QED) is 0.846. The van der Waals surface area contributed by atoms with E-state index >= 15 is 0 Å². The molecule has 6 nitrogen and oxygen atoms in total. The Morgan fingerprint density at radius 3 is 2.78 bits per heavy atom. The molecule has 2 amide bonds. The number of halogens is 1. The molecule has 1 N–H and O–H groups in total. The lowest BCUT2D eigenvalue weighted by Gasteiger charge is -2.20. The third-order valence-corrected chi connectivity index (χ3v) is 4.35. The second-order valence-corrected chi connectivity index (χ2v) is 6.31. The molecule has 3 rings (SSSR count). The Morgan fingerprint density at radius 2 is 2.04 bits per heavy atom. The van der Waals surface area contributed by atoms with E-state index in [-0.39, 0.29) is 24.1 Å². The summed E-state index contributed by atoms with van der Waals surface area (Å²) in [5.74, 6) is -0.350. The first-order valence-electron chi connectivity index (χ1n) is 8.64. The molecule has 1 heterocycles. The molecule has 0 bridgehead atoms. The molecule has 142 valence electrons. The van der Waals surface area contributed by atoms with Crippen LogP contribution in [-0.4, -0.2) is 37.6 Å². The Bertz CT molecular complexity index is 842. The van der Waals surface area contributed by atoms with Gasteiger partial charge in [-0.2, -0.15) is 0 Å². The summed E-state index contributed by atoms with van der Waals surface area (Å²) in [7, 11) is 1.56. The van der Waals surface area contributed by atoms with E-state index in [9.17, 15) is 14.0 Å². The first-order chi connectivity index (χ1) is 13.0. The zero-order chi connectivity index (χ0) is 19.4. The number of methoxy groups -OCH3 is 1. The Labute approximate surface area is 156 Å². The normalized spacial score (nSPS) is 17.5. The highest BCUT2D eigenvalue weighted by molar-refractivity contribution is 5.97. The predicted octanol–water partition coefficient (Wildman–Crippen LogP) is 2.52. The van der Waals surface area contributed by atoms with E-state index in [0.717, 1.165) is 0 Å². The van der Waals surface area contributed by atoms with E-state index in [1.54, 1.807) is 49.3 Å². The predicted molar refractivity (Wildman–Crippen MR) is 98.4 cm³/mol. The van der Waals surface area contributed by atoms with Crippen LogP contribution in [0.1, 0.15) is 13.3 Å². The number of carbonyl (C=O) groups is 2. The topological polar surface area (TPSA) is 67.9 Å². The Morgan fingerprint density at radius 1 is 1.26 bits per heavy atom. The number of carbonyl (C=O) groups excluding carboxylic acids is 2. The molecular weight excluding hydrogens is 351 g/mol. The minimum absolute atomic E-state index is 0.0145. The standard InChI is InChI=1S/C20H21FN2O4/c1-13(27-18-9-4-3-8-17(18)21)20(25)22-14-10-19(24)23(12-14)15-6-5-7-16(11-15)26-2/h3-9,11,13-14H,10,12H2,1-2H3,(H,22,25). The molecule has 1 saturated heterocycles. The van der Waals surface area contributed by atoms with E-state index in [4.69, 9.17) is 9.47 Å². The van der Waals surface area contributed by atoms with E-state index in [1.165, 1.54) is 12.1 Å². The van der Waals surface area contributed by atoms with Crippen LogP contribution < -0.4 is 19.7 Å². The maximum absolute atomic E-state index is 13.7. The molecule has 0 aliphatic carbocycles. The fourth-order valence-electron chi connectivity index (χ4n) is 2.94. The van der Waals surface area contributed by atoms with Crippen LogP contribution in [0.25, 0.3) is 0 Å². The number of hydrogen-bond acceptors (Lipinski definition) is 4.